The maximum Gasteiger partial charge on any atom is 0.410 e. The topological polar surface area (TPSA) is 66.9 Å². The Morgan fingerprint density at radius 3 is 1.97 bits per heavy atom. The second-order valence-corrected chi connectivity index (χ2v) is 10.0. The lowest BCUT2D eigenvalue weighted by atomic mass is 9.86. The zero-order valence-electron chi connectivity index (χ0n) is 19.6. The van der Waals surface area contributed by atoms with Crippen LogP contribution in [0, 0.1) is 25.7 Å². The van der Waals surface area contributed by atoms with Gasteiger partial charge in [-0.2, -0.15) is 0 Å². The van der Waals surface area contributed by atoms with E-state index in [2.05, 4.69) is 6.07 Å². The molecule has 170 valence electrons. The molecule has 0 spiro atoms. The highest BCUT2D eigenvalue weighted by Gasteiger charge is 2.34. The fourth-order valence-electron chi connectivity index (χ4n) is 4.57. The van der Waals surface area contributed by atoms with E-state index in [1.165, 1.54) is 0 Å². The van der Waals surface area contributed by atoms with Gasteiger partial charge in [-0.25, -0.2) is 4.79 Å². The summed E-state index contributed by atoms with van der Waals surface area (Å²) in [5.41, 5.74) is 2.49. The van der Waals surface area contributed by atoms with Gasteiger partial charge < -0.3 is 14.5 Å². The van der Waals surface area contributed by atoms with Gasteiger partial charge in [0.25, 0.3) is 0 Å². The number of likely N-dealkylation sites (tertiary alicyclic amines) is 2. The number of aryl methyl sites for hydroxylation is 2. The minimum atomic E-state index is -0.511. The number of hydrogen-bond acceptors (Lipinski definition) is 4. The lowest BCUT2D eigenvalue weighted by Crippen LogP contribution is -2.47. The normalized spacial score (nSPS) is 18.7. The van der Waals surface area contributed by atoms with Crippen molar-refractivity contribution in [3.05, 3.63) is 34.9 Å². The first-order chi connectivity index (χ1) is 14.5. The minimum absolute atomic E-state index is 0.0144. The Labute approximate surface area is 185 Å². The van der Waals surface area contributed by atoms with Gasteiger partial charge >= 0.3 is 6.09 Å². The third kappa shape index (κ3) is 5.86. The van der Waals surface area contributed by atoms with Crippen LogP contribution < -0.4 is 0 Å². The van der Waals surface area contributed by atoms with Crippen molar-refractivity contribution in [2.24, 2.45) is 11.8 Å². The van der Waals surface area contributed by atoms with E-state index in [9.17, 15) is 14.4 Å². The highest BCUT2D eigenvalue weighted by atomic mass is 16.6. The molecule has 2 fully saturated rings. The third-order valence-corrected chi connectivity index (χ3v) is 6.32. The Hall–Kier alpha value is -2.37. The number of carbonyl (C=O) groups excluding carboxylic acids is 3. The average molecular weight is 429 g/mol. The highest BCUT2D eigenvalue weighted by Crippen LogP contribution is 2.27. The molecule has 0 aliphatic carbocycles. The number of ether oxygens (including phenoxy) is 1. The fraction of sp³-hybridized carbons (Fsp3) is 0.640. The summed E-state index contributed by atoms with van der Waals surface area (Å²) < 4.78 is 5.43. The van der Waals surface area contributed by atoms with Crippen LogP contribution in [0.2, 0.25) is 0 Å². The van der Waals surface area contributed by atoms with Crippen molar-refractivity contribution in [3.8, 4) is 0 Å². The molecule has 3 rings (SSSR count). The molecule has 0 N–H and O–H groups in total. The lowest BCUT2D eigenvalue weighted by molar-refractivity contribution is -0.138. The van der Waals surface area contributed by atoms with E-state index in [1.807, 2.05) is 51.7 Å². The molecule has 1 aromatic carbocycles. The lowest BCUT2D eigenvalue weighted by Gasteiger charge is -2.37. The van der Waals surface area contributed by atoms with Crippen molar-refractivity contribution < 1.29 is 19.1 Å². The molecular weight excluding hydrogens is 392 g/mol. The SMILES string of the molecule is Cc1ccc(C(=O)C2CCN(C(=O)C3CCN(C(=O)OC(C)(C)C)CC3)CC2)c(C)c1. The number of ketones is 1. The molecule has 0 saturated carbocycles. The molecular formula is C25H36N2O4. The zero-order valence-corrected chi connectivity index (χ0v) is 19.6. The van der Waals surface area contributed by atoms with Crippen molar-refractivity contribution in [2.45, 2.75) is 65.9 Å². The number of amides is 2. The third-order valence-electron chi connectivity index (χ3n) is 6.32. The number of Topliss-reactive ketones (excluding diaryl/α,β-unsaturated/α-hetero) is 1. The van der Waals surface area contributed by atoms with E-state index in [0.717, 1.165) is 16.7 Å². The number of carbonyl (C=O) groups is 3. The van der Waals surface area contributed by atoms with Crippen LogP contribution in [0.25, 0.3) is 0 Å². The summed E-state index contributed by atoms with van der Waals surface area (Å²) in [5, 5.41) is 0. The number of benzene rings is 1. The minimum Gasteiger partial charge on any atom is -0.444 e. The molecule has 2 heterocycles. The van der Waals surface area contributed by atoms with Crippen LogP contribution in [-0.4, -0.2) is 59.4 Å². The van der Waals surface area contributed by atoms with Gasteiger partial charge in [-0.15, -0.1) is 0 Å². The molecule has 2 amide bonds. The van der Waals surface area contributed by atoms with Crippen LogP contribution in [0.5, 0.6) is 0 Å². The second-order valence-electron chi connectivity index (χ2n) is 10.0. The van der Waals surface area contributed by atoms with Crippen molar-refractivity contribution in [3.63, 3.8) is 0 Å². The summed E-state index contributed by atoms with van der Waals surface area (Å²) in [7, 11) is 0. The van der Waals surface area contributed by atoms with E-state index in [-0.39, 0.29) is 29.6 Å². The molecule has 0 radical (unpaired) electrons. The van der Waals surface area contributed by atoms with Gasteiger partial charge in [0.1, 0.15) is 5.60 Å². The first-order valence-electron chi connectivity index (χ1n) is 11.4. The molecule has 0 bridgehead atoms. The van der Waals surface area contributed by atoms with E-state index in [4.69, 9.17) is 4.74 Å². The van der Waals surface area contributed by atoms with E-state index < -0.39 is 5.60 Å². The van der Waals surface area contributed by atoms with E-state index in [1.54, 1.807) is 4.90 Å². The van der Waals surface area contributed by atoms with Gasteiger partial charge in [0.2, 0.25) is 5.91 Å². The predicted molar refractivity (Wildman–Crippen MR) is 120 cm³/mol. The molecule has 0 unspecified atom stereocenters. The largest absolute Gasteiger partial charge is 0.444 e. The van der Waals surface area contributed by atoms with Crippen LogP contribution in [0.15, 0.2) is 18.2 Å². The Bertz CT molecular complexity index is 826. The standard InChI is InChI=1S/C25H36N2O4/c1-17-6-7-21(18(2)16-17)22(28)19-8-12-26(13-9-19)23(29)20-10-14-27(15-11-20)24(30)31-25(3,4)5/h6-7,16,19-20H,8-15H2,1-5H3. The smallest absolute Gasteiger partial charge is 0.410 e. The Morgan fingerprint density at radius 1 is 0.871 bits per heavy atom. The van der Waals surface area contributed by atoms with Crippen LogP contribution in [0.3, 0.4) is 0 Å². The predicted octanol–water partition coefficient (Wildman–Crippen LogP) is 4.37. The highest BCUT2D eigenvalue weighted by molar-refractivity contribution is 5.99. The molecule has 6 nitrogen and oxygen atoms in total. The number of hydrogen-bond donors (Lipinski definition) is 0. The summed E-state index contributed by atoms with van der Waals surface area (Å²) in [6.07, 6.45) is 2.46. The van der Waals surface area contributed by atoms with Crippen LogP contribution in [0.1, 0.15) is 67.9 Å². The average Bonchev–Trinajstić information content (AvgIpc) is 2.72. The van der Waals surface area contributed by atoms with Gasteiger partial charge in [-0.05, 0) is 65.9 Å². The van der Waals surface area contributed by atoms with Crippen LogP contribution in [-0.2, 0) is 9.53 Å². The van der Waals surface area contributed by atoms with Crippen LogP contribution >= 0.6 is 0 Å². The van der Waals surface area contributed by atoms with Gasteiger partial charge in [-0.3, -0.25) is 9.59 Å². The molecule has 6 heteroatoms. The van der Waals surface area contributed by atoms with Gasteiger partial charge in [0.05, 0.1) is 0 Å². The Balaban J connectivity index is 1.48. The second kappa shape index (κ2) is 9.41. The molecule has 1 aromatic rings. The van der Waals surface area contributed by atoms with Crippen molar-refractivity contribution in [2.75, 3.05) is 26.2 Å². The molecule has 2 aliphatic heterocycles. The maximum absolute atomic E-state index is 13.0. The van der Waals surface area contributed by atoms with Crippen LogP contribution in [0.4, 0.5) is 4.79 Å². The molecule has 0 aromatic heterocycles. The first kappa shape index (κ1) is 23.3. The van der Waals surface area contributed by atoms with Gasteiger partial charge in [0, 0.05) is 43.6 Å². The number of nitrogens with zero attached hydrogens (tertiary/aromatic N) is 2. The summed E-state index contributed by atoms with van der Waals surface area (Å²) in [4.78, 5) is 41.8. The summed E-state index contributed by atoms with van der Waals surface area (Å²) in [6.45, 7) is 12.0. The zero-order chi connectivity index (χ0) is 22.8. The number of piperidine rings is 2. The summed E-state index contributed by atoms with van der Waals surface area (Å²) in [5.74, 6) is 0.307. The maximum atomic E-state index is 13.0. The molecule has 31 heavy (non-hydrogen) atoms. The van der Waals surface area contributed by atoms with Crippen molar-refractivity contribution >= 4 is 17.8 Å². The quantitative estimate of drug-likeness (QED) is 0.671. The van der Waals surface area contributed by atoms with Crippen molar-refractivity contribution in [1.29, 1.82) is 0 Å². The molecule has 2 saturated heterocycles. The van der Waals surface area contributed by atoms with E-state index >= 15 is 0 Å². The monoisotopic (exact) mass is 428 g/mol. The Kier molecular flexibility index (Phi) is 7.07. The first-order valence-corrected chi connectivity index (χ1v) is 11.4. The van der Waals surface area contributed by atoms with Gasteiger partial charge in [-0.1, -0.05) is 23.8 Å². The summed E-state index contributed by atoms with van der Waals surface area (Å²) in [6, 6.07) is 5.97. The molecule has 0 atom stereocenters. The molecule has 2 aliphatic rings. The van der Waals surface area contributed by atoms with Gasteiger partial charge in [0.15, 0.2) is 5.78 Å². The van der Waals surface area contributed by atoms with Crippen molar-refractivity contribution in [1.82, 2.24) is 9.80 Å². The van der Waals surface area contributed by atoms with E-state index in [0.29, 0.717) is 51.9 Å². The Morgan fingerprint density at radius 2 is 1.42 bits per heavy atom. The fourth-order valence-corrected chi connectivity index (χ4v) is 4.57. The summed E-state index contributed by atoms with van der Waals surface area (Å²) >= 11 is 0. The number of rotatable bonds is 3.